The maximum Gasteiger partial charge on any atom is 0.573 e. The Labute approximate surface area is 627 Å². The zero-order valence-electron chi connectivity index (χ0n) is 57.7. The van der Waals surface area contributed by atoms with Gasteiger partial charge in [0.15, 0.2) is 17.1 Å². The molecule has 0 saturated carbocycles. The highest BCUT2D eigenvalue weighted by molar-refractivity contribution is 9.10. The van der Waals surface area contributed by atoms with Crippen LogP contribution in [0.4, 0.5) is 52.7 Å². The number of benzene rings is 7. The van der Waals surface area contributed by atoms with Gasteiger partial charge in [0.25, 0.3) is 0 Å². The molecule has 0 amide bonds. The summed E-state index contributed by atoms with van der Waals surface area (Å²) in [5.41, 5.74) is 3.81. The summed E-state index contributed by atoms with van der Waals surface area (Å²) in [6.45, 7) is 4.82. The van der Waals surface area contributed by atoms with Crippen molar-refractivity contribution in [3.8, 4) is 79.8 Å². The Kier molecular flexibility index (Phi) is 30.2. The molecular weight excluding hydrogens is 1580 g/mol. The van der Waals surface area contributed by atoms with E-state index in [4.69, 9.17) is 33.8 Å². The first kappa shape index (κ1) is 85.3. The second-order valence-electron chi connectivity index (χ2n) is 21.4. The Bertz CT molecular complexity index is 4810. The summed E-state index contributed by atoms with van der Waals surface area (Å²) in [6.07, 6.45) is -19.1. The lowest BCUT2D eigenvalue weighted by molar-refractivity contribution is -0.275. The third kappa shape index (κ3) is 26.7. The maximum atomic E-state index is 12.4. The highest BCUT2D eigenvalue weighted by atomic mass is 79.9. The quantitative estimate of drug-likeness (QED) is 0.0248. The van der Waals surface area contributed by atoms with Crippen LogP contribution in [0.25, 0.3) is 33.8 Å². The van der Waals surface area contributed by atoms with Gasteiger partial charge in [-0.3, -0.25) is 0 Å². The summed E-state index contributed by atoms with van der Waals surface area (Å²) < 4.78 is 195. The van der Waals surface area contributed by atoms with Crippen LogP contribution >= 0.6 is 15.9 Å². The van der Waals surface area contributed by atoms with Gasteiger partial charge in [-0.2, -0.15) is 10.3 Å². The Morgan fingerprint density at radius 3 is 1.05 bits per heavy atom. The van der Waals surface area contributed by atoms with E-state index < -0.39 is 60.8 Å². The number of nitrogens with zero attached hydrogens (tertiary/aromatic N) is 11. The number of aromatic carboxylic acids is 2. The predicted molar refractivity (Wildman–Crippen MR) is 364 cm³/mol. The molecule has 4 N–H and O–H groups in total. The minimum atomic E-state index is -4.81. The number of carboxylic acid groups (broad SMARTS) is 2. The second-order valence-corrected chi connectivity index (χ2v) is 22.1. The molecule has 4 aromatic heterocycles. The van der Waals surface area contributed by atoms with Crippen LogP contribution in [-0.4, -0.2) is 167 Å². The first-order chi connectivity index (χ1) is 52.6. The van der Waals surface area contributed by atoms with Gasteiger partial charge in [-0.05, 0) is 180 Å². The van der Waals surface area contributed by atoms with Crippen molar-refractivity contribution in [2.45, 2.75) is 58.9 Å². The van der Waals surface area contributed by atoms with Crippen LogP contribution in [-0.2, 0) is 29.1 Å². The fraction of sp³-hybridized carbons (Fsp3) is 0.206. The molecule has 0 fully saturated rings. The summed E-state index contributed by atoms with van der Waals surface area (Å²) in [5, 5.41) is 58.9. The third-order valence-electron chi connectivity index (χ3n) is 13.8. The summed E-state index contributed by atoms with van der Waals surface area (Å²) in [7, 11) is 5.15. The van der Waals surface area contributed by atoms with Crippen molar-refractivity contribution in [2.75, 3.05) is 34.5 Å². The van der Waals surface area contributed by atoms with E-state index in [1.807, 2.05) is 36.4 Å². The van der Waals surface area contributed by atoms with Crippen molar-refractivity contribution in [3.63, 3.8) is 0 Å². The predicted octanol–water partition coefficient (Wildman–Crippen LogP) is 13.5. The normalized spacial score (nSPS) is 11.1. The Morgan fingerprint density at radius 1 is 0.405 bits per heavy atom. The number of H-pyrrole nitrogens is 1. The molecule has 0 aliphatic heterocycles. The van der Waals surface area contributed by atoms with Gasteiger partial charge in [0, 0.05) is 16.7 Å². The van der Waals surface area contributed by atoms with Crippen LogP contribution in [0.15, 0.2) is 174 Å². The largest absolute Gasteiger partial charge is 0.573 e. The van der Waals surface area contributed by atoms with Crippen molar-refractivity contribution in [2.24, 2.45) is 0 Å². The van der Waals surface area contributed by atoms with Gasteiger partial charge >= 0.3 is 57.0 Å². The molecule has 29 nitrogen and oxygen atoms in total. The fourth-order valence-corrected chi connectivity index (χ4v) is 9.58. The number of ether oxygens (including phenoxy) is 9. The van der Waals surface area contributed by atoms with Crippen LogP contribution in [0.5, 0.6) is 46.0 Å². The zero-order valence-corrected chi connectivity index (χ0v) is 59.3. The number of nitrogens with one attached hydrogen (secondary N) is 1. The number of hydrogen-bond acceptors (Lipinski definition) is 23. The van der Waals surface area contributed by atoms with Gasteiger partial charge in [-0.25, -0.2) is 33.2 Å². The Morgan fingerprint density at radius 2 is 0.703 bits per heavy atom. The van der Waals surface area contributed by atoms with E-state index in [0.717, 1.165) is 71.0 Å². The molecule has 0 atom stereocenters. The summed E-state index contributed by atoms with van der Waals surface area (Å²) in [4.78, 5) is 46.3. The van der Waals surface area contributed by atoms with Crippen LogP contribution in [0, 0.1) is 0 Å². The number of methoxy groups -OCH3 is 3. The number of hydrogen-bond donors (Lipinski definition) is 4. The van der Waals surface area contributed by atoms with Gasteiger partial charge in [-0.1, -0.05) is 52.0 Å². The number of alkyl halides is 12. The number of aromatic nitrogens is 12. The van der Waals surface area contributed by atoms with Gasteiger partial charge < -0.3 is 62.5 Å². The molecule has 0 saturated heterocycles. The van der Waals surface area contributed by atoms with E-state index in [9.17, 15) is 77.0 Å². The molecule has 585 valence electrons. The highest BCUT2D eigenvalue weighted by Gasteiger charge is 2.34. The topological polar surface area (TPSA) is 355 Å². The van der Waals surface area contributed by atoms with E-state index in [1.165, 1.54) is 65.0 Å². The standard InChI is InChI=1S/C20H18F3N3O4.C18H14F3N3O4.C13H14BrN3O3.C10H6F3N3O3.C7H5BF3O3/c1-3-29-19(27)17-18(14-6-10-16(11-7-14)30-20(21,22)23)26(25-24-17)12-13-4-8-15(28-2)9-5-13;1-27-13-6-2-11(3-7-13)10-24-16(15(17(25)26)22-23-24)12-4-8-14(9-5-12)28-18(19,20)21;1-3-20-13(18)11-12(14)17(16-15-11)8-9-4-6-10(19-2)7-5-9;11-10(12,13)19-6-3-1-5(2-4-6)7-8(9(17)18)15-16-14-7;9-7(10,11)13-5-1-3-6(4-2-5)14-8-12/h4-11H,3,12H2,1-2H3;2-9H,10H2,1H3,(H,25,26);4-7H,3,8H2,1-2H3;1-4H,(H,17,18)(H,14,15,16);1-4,12H. The molecular formula is C68H57BBrF12N12O17. The molecule has 0 aliphatic carbocycles. The van der Waals surface area contributed by atoms with Crippen LogP contribution < -0.4 is 37.8 Å². The average molecular weight is 1630 g/mol. The molecule has 11 rings (SSSR count). The molecule has 0 unspecified atom stereocenters. The lowest BCUT2D eigenvalue weighted by Gasteiger charge is -2.11. The van der Waals surface area contributed by atoms with Crippen molar-refractivity contribution >= 4 is 47.5 Å². The summed E-state index contributed by atoms with van der Waals surface area (Å²) >= 11 is 3.32. The average Bonchev–Trinajstić information content (AvgIpc) is 1.68. The van der Waals surface area contributed by atoms with Gasteiger partial charge in [0.2, 0.25) is 5.69 Å². The SMILES string of the molecule is CCOC(=O)c1nnn(Cc2ccc(OC)cc2)c1-c1ccc(OC(F)(F)F)cc1.CCOC(=O)c1nnn(Cc2ccc(OC)cc2)c1Br.COc1ccc(Cn2nnc(C(=O)O)c2-c2ccc(OC(F)(F)F)cc2)cc1.O=C(O)c1n[nH]nc1-c1ccc(OC(F)(F)F)cc1.O[B]Oc1ccc(OC(F)(F)F)cc1. The molecule has 4 heterocycles. The zero-order chi connectivity index (χ0) is 81.2. The molecule has 0 bridgehead atoms. The third-order valence-corrected chi connectivity index (χ3v) is 14.6. The molecule has 43 heteroatoms. The van der Waals surface area contributed by atoms with E-state index in [1.54, 1.807) is 69.1 Å². The summed E-state index contributed by atoms with van der Waals surface area (Å²) in [6, 6.07) is 41.0. The number of carbonyl (C=O) groups excluding carboxylic acids is 2. The van der Waals surface area contributed by atoms with Crippen molar-refractivity contribution in [3.05, 3.63) is 214 Å². The number of halogens is 13. The number of carboxylic acids is 2. The molecule has 1 radical (unpaired) electrons. The van der Waals surface area contributed by atoms with Gasteiger partial charge in [0.1, 0.15) is 67.7 Å². The van der Waals surface area contributed by atoms with Crippen LogP contribution in [0.2, 0.25) is 0 Å². The Hall–Kier alpha value is -13.0. The molecule has 0 spiro atoms. The van der Waals surface area contributed by atoms with E-state index in [2.05, 4.69) is 85.9 Å². The Balaban J connectivity index is 0.000000197. The minimum Gasteiger partial charge on any atom is -0.537 e. The number of esters is 2. The van der Waals surface area contributed by atoms with Gasteiger partial charge in [0.05, 0.1) is 54.2 Å². The molecule has 11 aromatic rings. The van der Waals surface area contributed by atoms with Crippen molar-refractivity contribution in [1.29, 1.82) is 0 Å². The first-order valence-corrected chi connectivity index (χ1v) is 32.0. The first-order valence-electron chi connectivity index (χ1n) is 31.2. The second kappa shape index (κ2) is 39.2. The number of rotatable bonds is 24. The number of aromatic amines is 1. The van der Waals surface area contributed by atoms with Crippen LogP contribution in [0.1, 0.15) is 72.5 Å². The van der Waals surface area contributed by atoms with Gasteiger partial charge in [-0.15, -0.1) is 73.1 Å². The monoisotopic (exact) mass is 1630 g/mol. The smallest absolute Gasteiger partial charge is 0.537 e. The lowest BCUT2D eigenvalue weighted by Crippen LogP contribution is -2.17. The molecule has 0 aliphatic rings. The molecule has 7 aromatic carbocycles. The minimum absolute atomic E-state index is 0.0325. The highest BCUT2D eigenvalue weighted by Crippen LogP contribution is 2.33. The van der Waals surface area contributed by atoms with Crippen molar-refractivity contribution < 1.29 is 134 Å². The van der Waals surface area contributed by atoms with E-state index in [0.29, 0.717) is 59.3 Å². The summed E-state index contributed by atoms with van der Waals surface area (Å²) in [5.74, 6) is -2.95. The van der Waals surface area contributed by atoms with E-state index >= 15 is 0 Å². The fourth-order valence-electron chi connectivity index (χ4n) is 9.14. The van der Waals surface area contributed by atoms with Crippen LogP contribution in [0.3, 0.4) is 0 Å². The number of carbonyl (C=O) groups is 4. The molecule has 111 heavy (non-hydrogen) atoms. The lowest BCUT2D eigenvalue weighted by atomic mass is 10.1. The maximum absolute atomic E-state index is 12.4. The van der Waals surface area contributed by atoms with Crippen molar-refractivity contribution in [1.82, 2.24) is 60.4 Å². The van der Waals surface area contributed by atoms with E-state index in [-0.39, 0.29) is 71.1 Å².